The average molecular weight is 446 g/mol. The zero-order valence-corrected chi connectivity index (χ0v) is 19.3. The van der Waals surface area contributed by atoms with Crippen molar-refractivity contribution in [3.63, 3.8) is 0 Å². The number of ether oxygens (including phenoxy) is 2. The van der Waals surface area contributed by atoms with Gasteiger partial charge in [0.1, 0.15) is 18.1 Å². The number of carbonyl (C=O) groups excluding carboxylic acids is 1. The van der Waals surface area contributed by atoms with E-state index in [0.29, 0.717) is 24.6 Å². The third-order valence-corrected chi connectivity index (χ3v) is 6.20. The Morgan fingerprint density at radius 2 is 1.79 bits per heavy atom. The maximum atomic E-state index is 12.8. The van der Waals surface area contributed by atoms with Gasteiger partial charge >= 0.3 is 0 Å². The number of aromatic nitrogens is 1. The number of hydrogen-bond donors (Lipinski definition) is 1. The maximum Gasteiger partial charge on any atom is 0.251 e. The first kappa shape index (κ1) is 22.6. The number of hydrogen-bond acceptors (Lipinski definition) is 5. The first-order valence-corrected chi connectivity index (χ1v) is 11.4. The highest BCUT2D eigenvalue weighted by Gasteiger charge is 2.20. The SMILES string of the molecule is COc1ccc(COc2cc(C(=O)NCC3CCN(c4ccncc4)CC3)ccc2C)cc1. The number of piperidine rings is 1. The molecule has 0 spiro atoms. The first-order valence-electron chi connectivity index (χ1n) is 11.4. The van der Waals surface area contributed by atoms with Crippen LogP contribution in [0, 0.1) is 12.8 Å². The highest BCUT2D eigenvalue weighted by Crippen LogP contribution is 2.24. The fourth-order valence-corrected chi connectivity index (χ4v) is 4.07. The molecular weight excluding hydrogens is 414 g/mol. The van der Waals surface area contributed by atoms with Gasteiger partial charge in [-0.05, 0) is 73.2 Å². The van der Waals surface area contributed by atoms with Gasteiger partial charge in [-0.25, -0.2) is 0 Å². The van der Waals surface area contributed by atoms with Crippen molar-refractivity contribution in [1.29, 1.82) is 0 Å². The van der Waals surface area contributed by atoms with E-state index in [2.05, 4.69) is 15.2 Å². The summed E-state index contributed by atoms with van der Waals surface area (Å²) in [7, 11) is 1.65. The summed E-state index contributed by atoms with van der Waals surface area (Å²) in [4.78, 5) is 19.3. The second-order valence-corrected chi connectivity index (χ2v) is 8.46. The molecule has 1 aliphatic rings. The van der Waals surface area contributed by atoms with Crippen molar-refractivity contribution in [2.24, 2.45) is 5.92 Å². The smallest absolute Gasteiger partial charge is 0.251 e. The second-order valence-electron chi connectivity index (χ2n) is 8.46. The van der Waals surface area contributed by atoms with Gasteiger partial charge in [-0.2, -0.15) is 0 Å². The van der Waals surface area contributed by atoms with Crippen LogP contribution in [-0.2, 0) is 6.61 Å². The molecule has 0 bridgehead atoms. The molecule has 0 aliphatic carbocycles. The number of benzene rings is 2. The standard InChI is InChI=1S/C27H31N3O3/c1-20-3-6-23(17-26(20)33-19-22-4-7-25(32-2)8-5-22)27(31)29-18-21-11-15-30(16-12-21)24-9-13-28-14-10-24/h3-10,13-14,17,21H,11-12,15-16,18-19H2,1-2H3,(H,29,31). The molecule has 1 amide bonds. The molecule has 2 aromatic carbocycles. The molecule has 4 rings (SSSR count). The molecule has 2 heterocycles. The molecule has 1 N–H and O–H groups in total. The Balaban J connectivity index is 1.27. The zero-order valence-electron chi connectivity index (χ0n) is 19.3. The number of rotatable bonds is 8. The molecule has 0 unspecified atom stereocenters. The van der Waals surface area contributed by atoms with Gasteiger partial charge in [-0.15, -0.1) is 0 Å². The van der Waals surface area contributed by atoms with Gasteiger partial charge < -0.3 is 19.7 Å². The molecule has 1 aliphatic heterocycles. The monoisotopic (exact) mass is 445 g/mol. The van der Waals surface area contributed by atoms with Gasteiger partial charge in [0.25, 0.3) is 5.91 Å². The lowest BCUT2D eigenvalue weighted by atomic mass is 9.96. The Labute approximate surface area is 195 Å². The summed E-state index contributed by atoms with van der Waals surface area (Å²) in [5, 5.41) is 3.12. The second kappa shape index (κ2) is 10.9. The Hall–Kier alpha value is -3.54. The number of amides is 1. The molecule has 1 fully saturated rings. The Bertz CT molecular complexity index is 1050. The molecule has 6 heteroatoms. The molecule has 1 saturated heterocycles. The van der Waals surface area contributed by atoms with E-state index < -0.39 is 0 Å². The predicted octanol–water partition coefficient (Wildman–Crippen LogP) is 4.62. The van der Waals surface area contributed by atoms with Crippen molar-refractivity contribution in [2.75, 3.05) is 31.6 Å². The van der Waals surface area contributed by atoms with Gasteiger partial charge in [0.2, 0.25) is 0 Å². The normalized spacial score (nSPS) is 14.1. The van der Waals surface area contributed by atoms with Crippen molar-refractivity contribution in [3.05, 3.63) is 83.7 Å². The third kappa shape index (κ3) is 6.04. The van der Waals surface area contributed by atoms with Gasteiger partial charge in [-0.1, -0.05) is 18.2 Å². The number of methoxy groups -OCH3 is 1. The highest BCUT2D eigenvalue weighted by molar-refractivity contribution is 5.94. The first-order chi connectivity index (χ1) is 16.1. The number of nitrogens with zero attached hydrogens (tertiary/aromatic N) is 2. The lowest BCUT2D eigenvalue weighted by Crippen LogP contribution is -2.38. The third-order valence-electron chi connectivity index (χ3n) is 6.20. The van der Waals surface area contributed by atoms with E-state index in [1.807, 2.05) is 73.9 Å². The molecule has 33 heavy (non-hydrogen) atoms. The van der Waals surface area contributed by atoms with E-state index in [4.69, 9.17) is 9.47 Å². The fourth-order valence-electron chi connectivity index (χ4n) is 4.07. The summed E-state index contributed by atoms with van der Waals surface area (Å²) < 4.78 is 11.2. The van der Waals surface area contributed by atoms with Crippen LogP contribution in [-0.4, -0.2) is 37.6 Å². The molecule has 1 aromatic heterocycles. The van der Waals surface area contributed by atoms with E-state index in [-0.39, 0.29) is 5.91 Å². The largest absolute Gasteiger partial charge is 0.497 e. The number of anilines is 1. The van der Waals surface area contributed by atoms with E-state index in [1.54, 1.807) is 7.11 Å². The summed E-state index contributed by atoms with van der Waals surface area (Å²) in [5.41, 5.74) is 3.89. The van der Waals surface area contributed by atoms with E-state index in [1.165, 1.54) is 5.69 Å². The van der Waals surface area contributed by atoms with Gasteiger partial charge in [0.05, 0.1) is 7.11 Å². The predicted molar refractivity (Wildman–Crippen MR) is 130 cm³/mol. The lowest BCUT2D eigenvalue weighted by molar-refractivity contribution is 0.0944. The van der Waals surface area contributed by atoms with Gasteiger partial charge in [0.15, 0.2) is 0 Å². The molecule has 0 radical (unpaired) electrons. The summed E-state index contributed by atoms with van der Waals surface area (Å²) >= 11 is 0. The van der Waals surface area contributed by atoms with Crippen molar-refractivity contribution < 1.29 is 14.3 Å². The minimum Gasteiger partial charge on any atom is -0.497 e. The number of nitrogens with one attached hydrogen (secondary N) is 1. The number of pyridine rings is 1. The van der Waals surface area contributed by atoms with Crippen molar-refractivity contribution in [3.8, 4) is 11.5 Å². The van der Waals surface area contributed by atoms with Crippen LogP contribution < -0.4 is 19.7 Å². The number of aryl methyl sites for hydroxylation is 1. The Kier molecular flexibility index (Phi) is 7.45. The van der Waals surface area contributed by atoms with E-state index >= 15 is 0 Å². The summed E-state index contributed by atoms with van der Waals surface area (Å²) in [6.07, 6.45) is 5.79. The van der Waals surface area contributed by atoms with Crippen molar-refractivity contribution >= 4 is 11.6 Å². The average Bonchev–Trinajstić information content (AvgIpc) is 2.88. The molecular formula is C27H31N3O3. The molecule has 0 atom stereocenters. The van der Waals surface area contributed by atoms with Crippen LogP contribution in [0.2, 0.25) is 0 Å². The quantitative estimate of drug-likeness (QED) is 0.548. The van der Waals surface area contributed by atoms with Crippen LogP contribution in [0.5, 0.6) is 11.5 Å². The summed E-state index contributed by atoms with van der Waals surface area (Å²) in [6.45, 7) is 5.11. The molecule has 3 aromatic rings. The fraction of sp³-hybridized carbons (Fsp3) is 0.333. The van der Waals surface area contributed by atoms with Crippen molar-refractivity contribution in [2.45, 2.75) is 26.4 Å². The molecule has 6 nitrogen and oxygen atoms in total. The highest BCUT2D eigenvalue weighted by atomic mass is 16.5. The van der Waals surface area contributed by atoms with Crippen LogP contribution in [0.25, 0.3) is 0 Å². The van der Waals surface area contributed by atoms with E-state index in [9.17, 15) is 4.79 Å². The van der Waals surface area contributed by atoms with Crippen LogP contribution in [0.1, 0.15) is 34.3 Å². The minimum absolute atomic E-state index is 0.0548. The van der Waals surface area contributed by atoms with Crippen LogP contribution in [0.3, 0.4) is 0 Å². The van der Waals surface area contributed by atoms with Crippen LogP contribution >= 0.6 is 0 Å². The maximum absolute atomic E-state index is 12.8. The van der Waals surface area contributed by atoms with Crippen molar-refractivity contribution in [1.82, 2.24) is 10.3 Å². The Morgan fingerprint density at radius 1 is 1.06 bits per heavy atom. The van der Waals surface area contributed by atoms with Crippen LogP contribution in [0.4, 0.5) is 5.69 Å². The summed E-state index contributed by atoms with van der Waals surface area (Å²) in [5.74, 6) is 1.98. The topological polar surface area (TPSA) is 63.7 Å². The lowest BCUT2D eigenvalue weighted by Gasteiger charge is -2.33. The summed E-state index contributed by atoms with van der Waals surface area (Å²) in [6, 6.07) is 17.5. The minimum atomic E-state index is -0.0548. The van der Waals surface area contributed by atoms with Gasteiger partial charge in [-0.3, -0.25) is 9.78 Å². The van der Waals surface area contributed by atoms with E-state index in [0.717, 1.165) is 48.6 Å². The zero-order chi connectivity index (χ0) is 23.0. The van der Waals surface area contributed by atoms with Crippen LogP contribution in [0.15, 0.2) is 67.0 Å². The van der Waals surface area contributed by atoms with Gasteiger partial charge in [0, 0.05) is 43.3 Å². The Morgan fingerprint density at radius 3 is 2.48 bits per heavy atom. The molecule has 172 valence electrons. The molecule has 0 saturated carbocycles. The number of carbonyl (C=O) groups is 1.